The Kier molecular flexibility index (Phi) is 7.84. The number of thioether (sulfide) groups is 1. The van der Waals surface area contributed by atoms with E-state index in [9.17, 15) is 14.4 Å². The van der Waals surface area contributed by atoms with Crippen LogP contribution in [0.2, 0.25) is 0 Å². The van der Waals surface area contributed by atoms with E-state index < -0.39 is 40.2 Å². The number of hydrogen-bond donors (Lipinski definition) is 1. The molecule has 1 aliphatic rings. The van der Waals surface area contributed by atoms with Crippen LogP contribution in [0, 0.1) is 5.92 Å². The van der Waals surface area contributed by atoms with E-state index in [0.29, 0.717) is 6.42 Å². The molecule has 1 amide bonds. The number of esters is 2. The van der Waals surface area contributed by atoms with Gasteiger partial charge in [0, 0.05) is 26.7 Å². The fourth-order valence-corrected chi connectivity index (χ4v) is 4.71. The molecule has 0 aliphatic carbocycles. The van der Waals surface area contributed by atoms with Gasteiger partial charge in [-0.25, -0.2) is 4.79 Å². The lowest BCUT2D eigenvalue weighted by Gasteiger charge is -2.39. The van der Waals surface area contributed by atoms with E-state index in [0.717, 1.165) is 16.7 Å². The minimum atomic E-state index is -1.32. The van der Waals surface area contributed by atoms with Gasteiger partial charge in [-0.05, 0) is 43.7 Å². The van der Waals surface area contributed by atoms with Gasteiger partial charge in [-0.15, -0.1) is 11.8 Å². The highest BCUT2D eigenvalue weighted by Crippen LogP contribution is 2.36. The summed E-state index contributed by atoms with van der Waals surface area (Å²) >= 11 is 1.34. The second-order valence-corrected chi connectivity index (χ2v) is 11.3. The summed E-state index contributed by atoms with van der Waals surface area (Å²) in [6.45, 7) is 8.33. The molecule has 0 bridgehead atoms. The van der Waals surface area contributed by atoms with Crippen LogP contribution in [0.4, 0.5) is 4.79 Å². The third kappa shape index (κ3) is 7.24. The number of ether oxygens (including phenoxy) is 3. The summed E-state index contributed by atoms with van der Waals surface area (Å²) in [5.41, 5.74) is 2.37. The first-order valence-electron chi connectivity index (χ1n) is 11.5. The van der Waals surface area contributed by atoms with E-state index in [1.54, 1.807) is 20.8 Å². The molecule has 1 heterocycles. The summed E-state index contributed by atoms with van der Waals surface area (Å²) in [5, 5.41) is 2.93. The Morgan fingerprint density at radius 2 is 1.51 bits per heavy atom. The Balaban J connectivity index is 1.89. The molecule has 188 valence electrons. The third-order valence-corrected chi connectivity index (χ3v) is 6.66. The van der Waals surface area contributed by atoms with Gasteiger partial charge in [0.15, 0.2) is 5.92 Å². The van der Waals surface area contributed by atoms with Gasteiger partial charge in [0.05, 0.1) is 4.87 Å². The third-order valence-electron chi connectivity index (χ3n) is 5.47. The Hall–Kier alpha value is -3.00. The largest absolute Gasteiger partial charge is 0.444 e. The lowest BCUT2D eigenvalue weighted by molar-refractivity contribution is -0.240. The molecule has 1 fully saturated rings. The molecule has 0 radical (unpaired) electrons. The van der Waals surface area contributed by atoms with E-state index in [-0.39, 0.29) is 6.42 Å². The zero-order valence-corrected chi connectivity index (χ0v) is 21.9. The number of carbonyl (C=O) groups is 3. The van der Waals surface area contributed by atoms with Crippen molar-refractivity contribution in [2.24, 2.45) is 5.92 Å². The van der Waals surface area contributed by atoms with Crippen molar-refractivity contribution in [1.29, 1.82) is 0 Å². The minimum absolute atomic E-state index is 0.0123. The average molecular weight is 500 g/mol. The number of nitrogens with one attached hydrogen (secondary N) is 1. The van der Waals surface area contributed by atoms with Gasteiger partial charge in [0.25, 0.3) is 5.79 Å². The second-order valence-electron chi connectivity index (χ2n) is 10.1. The first-order chi connectivity index (χ1) is 16.3. The quantitative estimate of drug-likeness (QED) is 0.313. The molecular weight excluding hydrogens is 466 g/mol. The topological polar surface area (TPSA) is 90.9 Å². The van der Waals surface area contributed by atoms with Gasteiger partial charge in [0.2, 0.25) is 0 Å². The summed E-state index contributed by atoms with van der Waals surface area (Å²) in [5.74, 6) is -3.84. The second kappa shape index (κ2) is 10.3. The number of cyclic esters (lactones) is 2. The SMILES string of the molecule is CSC(Cc1ccc(-c2ccccc2)cc1)(CC1C(=O)OC(C)(C)OC1=O)NC(=O)OC(C)(C)C. The van der Waals surface area contributed by atoms with Crippen LogP contribution in [-0.4, -0.2) is 40.5 Å². The first-order valence-corrected chi connectivity index (χ1v) is 12.7. The Labute approximate surface area is 210 Å². The zero-order valence-electron chi connectivity index (χ0n) is 21.0. The molecule has 0 spiro atoms. The lowest BCUT2D eigenvalue weighted by atomic mass is 9.92. The predicted octanol–water partition coefficient (Wildman–Crippen LogP) is 5.32. The van der Waals surface area contributed by atoms with E-state index in [4.69, 9.17) is 14.2 Å². The van der Waals surface area contributed by atoms with Crippen molar-refractivity contribution in [2.75, 3.05) is 6.26 Å². The summed E-state index contributed by atoms with van der Waals surface area (Å²) in [6, 6.07) is 18.0. The van der Waals surface area contributed by atoms with Crippen LogP contribution in [-0.2, 0) is 30.2 Å². The van der Waals surface area contributed by atoms with Gasteiger partial charge >= 0.3 is 18.0 Å². The van der Waals surface area contributed by atoms with Crippen LogP contribution in [0.5, 0.6) is 0 Å². The van der Waals surface area contributed by atoms with Gasteiger partial charge in [-0.1, -0.05) is 54.6 Å². The molecule has 1 aliphatic heterocycles. The molecule has 1 N–H and O–H groups in total. The number of hydrogen-bond acceptors (Lipinski definition) is 7. The minimum Gasteiger partial charge on any atom is -0.444 e. The van der Waals surface area contributed by atoms with Crippen LogP contribution < -0.4 is 5.32 Å². The molecule has 1 unspecified atom stereocenters. The lowest BCUT2D eigenvalue weighted by Crippen LogP contribution is -2.54. The summed E-state index contributed by atoms with van der Waals surface area (Å²) in [6.07, 6.45) is 1.52. The molecule has 8 heteroatoms. The smallest absolute Gasteiger partial charge is 0.408 e. The van der Waals surface area contributed by atoms with Crippen molar-refractivity contribution < 1.29 is 28.6 Å². The number of alkyl carbamates (subject to hydrolysis) is 1. The van der Waals surface area contributed by atoms with Gasteiger partial charge < -0.3 is 19.5 Å². The summed E-state index contributed by atoms with van der Waals surface area (Å²) in [7, 11) is 0. The van der Waals surface area contributed by atoms with Crippen molar-refractivity contribution in [3.8, 4) is 11.1 Å². The maximum atomic E-state index is 12.8. The number of amides is 1. The monoisotopic (exact) mass is 499 g/mol. The van der Waals surface area contributed by atoms with Crippen molar-refractivity contribution in [2.45, 2.75) is 63.7 Å². The number of rotatable bonds is 7. The van der Waals surface area contributed by atoms with Crippen molar-refractivity contribution in [3.05, 3.63) is 60.2 Å². The molecule has 0 saturated carbocycles. The molecule has 35 heavy (non-hydrogen) atoms. The maximum Gasteiger partial charge on any atom is 0.408 e. The molecule has 3 rings (SSSR count). The van der Waals surface area contributed by atoms with Crippen LogP contribution in [0.3, 0.4) is 0 Å². The van der Waals surface area contributed by atoms with Crippen molar-refractivity contribution in [1.82, 2.24) is 5.32 Å². The Morgan fingerprint density at radius 1 is 0.971 bits per heavy atom. The summed E-state index contributed by atoms with van der Waals surface area (Å²) < 4.78 is 16.1. The molecular formula is C27H33NO6S. The van der Waals surface area contributed by atoms with Crippen molar-refractivity contribution in [3.63, 3.8) is 0 Å². The number of benzene rings is 2. The molecule has 0 aromatic heterocycles. The van der Waals surface area contributed by atoms with Gasteiger partial charge in [-0.3, -0.25) is 9.59 Å². The Morgan fingerprint density at radius 3 is 2.03 bits per heavy atom. The van der Waals surface area contributed by atoms with E-state index in [1.807, 2.05) is 60.9 Å². The highest BCUT2D eigenvalue weighted by Gasteiger charge is 2.48. The fourth-order valence-electron chi connectivity index (χ4n) is 3.88. The molecule has 1 atom stereocenters. The average Bonchev–Trinajstić information content (AvgIpc) is 2.75. The standard InChI is InChI=1S/C27H33NO6S/c1-25(2,3)34-24(31)28-27(35-6,17-21-22(29)32-26(4,5)33-23(21)30)16-18-12-14-20(15-13-18)19-10-8-7-9-11-19/h7-15,21H,16-17H2,1-6H3,(H,28,31). The molecule has 2 aromatic carbocycles. The van der Waals surface area contributed by atoms with Crippen LogP contribution >= 0.6 is 11.8 Å². The normalized spacial score (nSPS) is 17.7. The van der Waals surface area contributed by atoms with Crippen LogP contribution in [0.15, 0.2) is 54.6 Å². The highest BCUT2D eigenvalue weighted by atomic mass is 32.2. The Bertz CT molecular complexity index is 1040. The van der Waals surface area contributed by atoms with E-state index >= 15 is 0 Å². The van der Waals surface area contributed by atoms with E-state index in [1.165, 1.54) is 25.6 Å². The van der Waals surface area contributed by atoms with Crippen molar-refractivity contribution >= 4 is 29.8 Å². The molecule has 7 nitrogen and oxygen atoms in total. The first kappa shape index (κ1) is 26.6. The highest BCUT2D eigenvalue weighted by molar-refractivity contribution is 7.99. The predicted molar refractivity (Wildman–Crippen MR) is 136 cm³/mol. The van der Waals surface area contributed by atoms with E-state index in [2.05, 4.69) is 5.32 Å². The fraction of sp³-hybridized carbons (Fsp3) is 0.444. The maximum absolute atomic E-state index is 12.8. The summed E-state index contributed by atoms with van der Waals surface area (Å²) in [4.78, 5) is 37.2. The van der Waals surface area contributed by atoms with Crippen LogP contribution in [0.25, 0.3) is 11.1 Å². The zero-order chi connectivity index (χ0) is 25.9. The van der Waals surface area contributed by atoms with Gasteiger partial charge in [0.1, 0.15) is 5.60 Å². The number of carbonyl (C=O) groups excluding carboxylic acids is 3. The molecule has 2 aromatic rings. The van der Waals surface area contributed by atoms with Gasteiger partial charge in [-0.2, -0.15) is 0 Å². The van der Waals surface area contributed by atoms with Crippen LogP contribution in [0.1, 0.15) is 46.6 Å². The molecule has 1 saturated heterocycles.